The topological polar surface area (TPSA) is 292 Å². The van der Waals surface area contributed by atoms with Crippen LogP contribution in [0.15, 0.2) is 224 Å². The number of urea groups is 1. The van der Waals surface area contributed by atoms with E-state index in [1.165, 1.54) is 78.0 Å². The second-order valence-corrected chi connectivity index (χ2v) is 43.9. The number of amides is 2. The zero-order valence-electron chi connectivity index (χ0n) is 83.7. The van der Waals surface area contributed by atoms with Gasteiger partial charge >= 0.3 is 12.0 Å². The van der Waals surface area contributed by atoms with Crippen molar-refractivity contribution in [1.29, 1.82) is 0 Å². The average molecular weight is 1980 g/mol. The minimum Gasteiger partial charge on any atom is -0.497 e. The maximum Gasteiger partial charge on any atom is 0.337 e. The largest absolute Gasteiger partial charge is 0.497 e. The summed E-state index contributed by atoms with van der Waals surface area (Å²) >= 11 is 0. The fourth-order valence-corrected chi connectivity index (χ4v) is 16.9. The molecule has 0 aliphatic heterocycles. The minimum atomic E-state index is -1.56. The Morgan fingerprint density at radius 1 is 0.434 bits per heavy atom. The van der Waals surface area contributed by atoms with Gasteiger partial charge in [0.05, 0.1) is 139 Å². The fraction of sp³-hybridized carbons (Fsp3) is 0.437. The molecule has 0 heterocycles. The van der Waals surface area contributed by atoms with Gasteiger partial charge in [-0.25, -0.2) is 66.9 Å². The zero-order valence-corrected chi connectivity index (χ0v) is 86.9. The lowest BCUT2D eigenvalue weighted by Gasteiger charge is -2.38. The Labute approximate surface area is 812 Å². The maximum absolute atomic E-state index is 15.1. The molecule has 23 nitrogen and oxygen atoms in total. The Hall–Kier alpha value is -9.72. The first kappa shape index (κ1) is 120. The second-order valence-electron chi connectivity index (χ2n) is 36.1. The minimum absolute atomic E-state index is 0.161. The molecule has 0 radical (unpaired) electrons. The van der Waals surface area contributed by atoms with Crippen LogP contribution in [0.2, 0.25) is 0 Å². The van der Waals surface area contributed by atoms with E-state index in [1.807, 2.05) is 78.8 Å². The number of methoxy groups -OCH3 is 8. The van der Waals surface area contributed by atoms with Gasteiger partial charge < -0.3 is 63.4 Å². The van der Waals surface area contributed by atoms with Crippen molar-refractivity contribution in [3.8, 4) is 17.2 Å². The number of carbonyl (C=O) groups excluding carboxylic acids is 3. The molecule has 0 aliphatic carbocycles. The third kappa shape index (κ3) is 33.5. The molecule has 136 heavy (non-hydrogen) atoms. The first-order chi connectivity index (χ1) is 63.5. The number of aryl methyl sites for hydroxylation is 1. The highest BCUT2D eigenvalue weighted by atomic mass is 32.2. The van der Waals surface area contributed by atoms with Crippen LogP contribution < -0.4 is 39.4 Å². The summed E-state index contributed by atoms with van der Waals surface area (Å²) in [6, 6.07) is 48.4. The zero-order chi connectivity index (χ0) is 103. The first-order valence-electron chi connectivity index (χ1n) is 43.4. The fourth-order valence-electron chi connectivity index (χ4n) is 13.6. The molecular formula is C103H141F6N7O16S4. The molecule has 8 aromatic carbocycles. The standard InChI is InChI=1S/C31H37FN2O5.C17H26FNO4S.C16H24FNO2S.C15H22FNO3S.C12H16FNOS.C12H16FNO/c1-8-29(39-7)31(3,25-11-9-10-12-26(25)32)33-30(35)34(19-22-14-13-21(2)17-27(22)37-5)20-23-15-16-24(36-4)18-28(23)38-6;1-7-23-15(20)14(22-6)17(5,19-24(21)16(2,3)4)12-10-8-9-11-13(12)18;1-7-14(20-6)16(5,18-21(19)15(2,3)4)12-10-8-9-11-13(12)17;1-14(2,3)21(19)17-15(4,13(10-18)20-5)11-8-6-7-9-12(11)16;1-9(14-16(15)12(2,3)4)10-7-5-6-8-11(10)13;1-4-11(15-3)12(2,14)9-7-5-6-8-10(9)13/h8-18,29H,1,19-20H2,2-7H3,(H,33,35);8-11,14,19H,7H2,1-6H3;7-11,14,18H,1H2,2-6H3;6-10,13,17H,1-5H3;5-8H,1-4H3;4-8,11H,1,14H2,2-3H3/t29-,31+;14-,17+,24+;14-,16+,21+;13-,15+,21+;16-;11-,12+/m000010/s1. The van der Waals surface area contributed by atoms with Gasteiger partial charge in [-0.1, -0.05) is 140 Å². The van der Waals surface area contributed by atoms with Crippen LogP contribution in [0, 0.1) is 41.8 Å². The van der Waals surface area contributed by atoms with E-state index in [0.29, 0.717) is 45.9 Å². The monoisotopic (exact) mass is 1970 g/mol. The van der Waals surface area contributed by atoms with Crippen LogP contribution in [0.3, 0.4) is 0 Å². The van der Waals surface area contributed by atoms with Crippen LogP contribution in [-0.2, 0) is 123 Å². The molecule has 0 saturated carbocycles. The van der Waals surface area contributed by atoms with Gasteiger partial charge in [-0.15, -0.1) is 19.7 Å². The molecule has 14 atom stereocenters. The number of esters is 1. The van der Waals surface area contributed by atoms with E-state index in [-0.39, 0.29) is 53.8 Å². The summed E-state index contributed by atoms with van der Waals surface area (Å²) in [4.78, 5) is 39.3. The number of rotatable bonds is 37. The number of nitrogens with zero attached hydrogens (tertiary/aromatic N) is 2. The van der Waals surface area contributed by atoms with E-state index in [4.69, 9.17) is 48.4 Å². The highest BCUT2D eigenvalue weighted by Gasteiger charge is 2.48. The van der Waals surface area contributed by atoms with E-state index >= 15 is 4.39 Å². The van der Waals surface area contributed by atoms with Gasteiger partial charge in [-0.05, 0) is 199 Å². The summed E-state index contributed by atoms with van der Waals surface area (Å²) in [5.74, 6) is -1.30. The normalized spacial score (nSPS) is 15.9. The van der Waals surface area contributed by atoms with Crippen molar-refractivity contribution in [2.45, 2.75) is 229 Å². The summed E-state index contributed by atoms with van der Waals surface area (Å²) in [7, 11) is 6.18. The van der Waals surface area contributed by atoms with Crippen molar-refractivity contribution in [3.63, 3.8) is 0 Å². The van der Waals surface area contributed by atoms with Gasteiger partial charge in [-0.3, -0.25) is 0 Å². The number of nitrogens with two attached hydrogens (primary N) is 1. The van der Waals surface area contributed by atoms with Crippen molar-refractivity contribution >= 4 is 67.9 Å². The molecule has 0 bridgehead atoms. The van der Waals surface area contributed by atoms with Gasteiger partial charge in [-0.2, -0.15) is 4.40 Å². The maximum atomic E-state index is 15.1. The molecule has 0 unspecified atom stereocenters. The average Bonchev–Trinajstić information content (AvgIpc) is 0.758. The summed E-state index contributed by atoms with van der Waals surface area (Å²) in [6.45, 7) is 47.3. The summed E-state index contributed by atoms with van der Waals surface area (Å²) in [5.41, 5.74) is 5.29. The van der Waals surface area contributed by atoms with Gasteiger partial charge in [0.1, 0.15) is 75.3 Å². The van der Waals surface area contributed by atoms with Crippen molar-refractivity contribution in [3.05, 3.63) is 305 Å². The summed E-state index contributed by atoms with van der Waals surface area (Å²) in [5, 5.41) is 3.05. The number of nitrogens with one attached hydrogen (secondary N) is 4. The lowest BCUT2D eigenvalue weighted by molar-refractivity contribution is -0.159. The second kappa shape index (κ2) is 54.6. The van der Waals surface area contributed by atoms with Gasteiger partial charge in [0.2, 0.25) is 0 Å². The molecule has 0 spiro atoms. The number of hydrogen-bond acceptors (Lipinski definition) is 17. The molecule has 0 fully saturated rings. The lowest BCUT2D eigenvalue weighted by Crippen LogP contribution is -2.57. The lowest BCUT2D eigenvalue weighted by atomic mass is 9.85. The van der Waals surface area contributed by atoms with Crippen LogP contribution in [0.5, 0.6) is 17.2 Å². The quantitative estimate of drug-likeness (QED) is 0.00795. The van der Waals surface area contributed by atoms with E-state index in [0.717, 1.165) is 16.7 Å². The third-order valence-electron chi connectivity index (χ3n) is 21.4. The molecule has 33 heteroatoms. The predicted molar refractivity (Wildman–Crippen MR) is 535 cm³/mol. The molecule has 0 saturated heterocycles. The van der Waals surface area contributed by atoms with E-state index in [1.54, 1.807) is 244 Å². The molecule has 0 aliphatic rings. The number of ether oxygens (including phenoxy) is 9. The number of hydrogen-bond donors (Lipinski definition) is 5. The van der Waals surface area contributed by atoms with Gasteiger partial charge in [0.25, 0.3) is 0 Å². The van der Waals surface area contributed by atoms with Gasteiger partial charge in [0.15, 0.2) is 12.4 Å². The highest BCUT2D eigenvalue weighted by molar-refractivity contribution is 7.85. The Balaban J connectivity index is 0.000000435. The van der Waals surface area contributed by atoms with E-state index < -0.39 is 151 Å². The van der Waals surface area contributed by atoms with Crippen LogP contribution in [-0.4, -0.2) is 159 Å². The predicted octanol–water partition coefficient (Wildman–Crippen LogP) is 19.6. The molecule has 6 N–H and O–H groups in total. The SMILES string of the molecule is C=C[C@H](OC)[C@](C)(N)c1ccccc1F.C=C[C@H](OC)[C@](C)(NC(=O)N(Cc1ccc(C)cc1OC)Cc1ccc(OC)cc1OC)c1ccccc1F.C=C[C@H](OC)[C@](C)(N[S@](=O)C(C)(C)C)c1ccccc1F.CC(=N[S@](=O)C(C)(C)C)c1ccccc1F.CCOC(=O)[C@H](OC)[C@](C)(N[S@](=O)C(C)(C)C)c1ccccc1F.CO[C@@H](C=O)[C@](C)(N[S@](=O)C(C)(C)C)c1ccccc1F. The van der Waals surface area contributed by atoms with Crippen LogP contribution in [0.4, 0.5) is 31.1 Å². The Morgan fingerprint density at radius 3 is 1.11 bits per heavy atom. The number of aldehydes is 1. The number of halogens is 6. The molecule has 750 valence electrons. The molecule has 8 rings (SSSR count). The molecule has 2 amide bonds. The van der Waals surface area contributed by atoms with Gasteiger partial charge in [0, 0.05) is 86.1 Å². The Bertz CT molecular complexity index is 5260. The Kier molecular flexibility index (Phi) is 48.3. The van der Waals surface area contributed by atoms with Crippen molar-refractivity contribution in [1.82, 2.24) is 24.4 Å². The summed E-state index contributed by atoms with van der Waals surface area (Å²) < 4.78 is 193. The number of benzene rings is 8. The molecular weight excluding hydrogens is 1830 g/mol. The number of carbonyl (C=O) groups is 3. The smallest absolute Gasteiger partial charge is 0.337 e. The first-order valence-corrected chi connectivity index (χ1v) is 47.9. The Morgan fingerprint density at radius 2 is 0.772 bits per heavy atom. The third-order valence-corrected chi connectivity index (χ3v) is 28.1. The highest BCUT2D eigenvalue weighted by Crippen LogP contribution is 2.38. The van der Waals surface area contributed by atoms with Crippen LogP contribution in [0.25, 0.3) is 0 Å². The molecule has 8 aromatic rings. The van der Waals surface area contributed by atoms with Crippen molar-refractivity contribution in [2.24, 2.45) is 10.1 Å². The van der Waals surface area contributed by atoms with Crippen LogP contribution in [0.1, 0.15) is 182 Å². The van der Waals surface area contributed by atoms with Crippen molar-refractivity contribution in [2.75, 3.05) is 63.5 Å². The molecule has 0 aromatic heterocycles. The van der Waals surface area contributed by atoms with Crippen molar-refractivity contribution < 1.29 is 100 Å². The van der Waals surface area contributed by atoms with Crippen LogP contribution >= 0.6 is 0 Å². The van der Waals surface area contributed by atoms with E-state index in [9.17, 15) is 53.2 Å². The van der Waals surface area contributed by atoms with E-state index in [2.05, 4.69) is 43.6 Å². The summed E-state index contributed by atoms with van der Waals surface area (Å²) in [6.07, 6.45) is 1.48.